The zero-order valence-electron chi connectivity index (χ0n) is 6.77. The molecule has 0 radical (unpaired) electrons. The van der Waals surface area contributed by atoms with E-state index in [-0.39, 0.29) is 0 Å². The highest BCUT2D eigenvalue weighted by atomic mass is 16.2. The summed E-state index contributed by atoms with van der Waals surface area (Å²) >= 11 is 0. The monoisotopic (exact) mass is 130 g/mol. The van der Waals surface area contributed by atoms with Gasteiger partial charge in [-0.1, -0.05) is 6.92 Å². The molecule has 1 amide bonds. The quantitative estimate of drug-likeness (QED) is 0.510. The predicted molar refractivity (Wildman–Crippen MR) is 37.9 cm³/mol. The summed E-state index contributed by atoms with van der Waals surface area (Å²) in [5.74, 6) is 0.303. The summed E-state index contributed by atoms with van der Waals surface area (Å²) in [6, 6.07) is 0. The molecule has 0 aliphatic carbocycles. The summed E-state index contributed by atoms with van der Waals surface area (Å²) in [6.45, 7) is 2.02. The fourth-order valence-electron chi connectivity index (χ4n) is 0.549. The Bertz CT molecular complexity index is 102. The Labute approximate surface area is 57.1 Å². The van der Waals surface area contributed by atoms with Crippen LogP contribution in [0.3, 0.4) is 0 Å². The van der Waals surface area contributed by atoms with Gasteiger partial charge in [-0.2, -0.15) is 0 Å². The van der Waals surface area contributed by atoms with Crippen LogP contribution in [0.2, 0.25) is 0 Å². The summed E-state index contributed by atoms with van der Waals surface area (Å²) in [7, 11) is 5.70. The molecule has 9 heavy (non-hydrogen) atoms. The van der Waals surface area contributed by atoms with Gasteiger partial charge in [0.2, 0.25) is 0 Å². The third-order valence-corrected chi connectivity index (χ3v) is 1.21. The van der Waals surface area contributed by atoms with Gasteiger partial charge in [-0.3, -0.25) is 4.48 Å². The van der Waals surface area contributed by atoms with Crippen LogP contribution in [0.4, 0.5) is 0 Å². The number of carbonyl (C=O) groups excluding carboxylic acids is 1. The first kappa shape index (κ1) is 8.63. The van der Waals surface area contributed by atoms with Crippen LogP contribution in [0.25, 0.3) is 0 Å². The van der Waals surface area contributed by atoms with Gasteiger partial charge in [0.15, 0.2) is 0 Å². The maximum Gasteiger partial charge on any atom is 0.313 e. The molecule has 0 unspecified atom stereocenters. The van der Waals surface area contributed by atoms with E-state index >= 15 is 0 Å². The minimum Gasteiger partial charge on any atom is -0.268 e. The molecule has 0 rings (SSSR count). The van der Waals surface area contributed by atoms with E-state index in [1.165, 1.54) is 0 Å². The fraction of sp³-hybridized carbons (Fsp3) is 0.857. The number of nitrogens with zero attached hydrogens (tertiary/aromatic N) is 1. The topological polar surface area (TPSA) is 17.1 Å². The number of amides is 1. The SMILES string of the molecule is CCCC(=O)[N+](C)(C)C. The molecule has 0 aliphatic heterocycles. The lowest BCUT2D eigenvalue weighted by molar-refractivity contribution is -0.792. The van der Waals surface area contributed by atoms with E-state index < -0.39 is 0 Å². The minimum atomic E-state index is 0.303. The standard InChI is InChI=1S/C7H16NO/c1-5-6-7(9)8(2,3)4/h5-6H2,1-4H3/q+1. The van der Waals surface area contributed by atoms with Gasteiger partial charge < -0.3 is 0 Å². The second-order valence-electron chi connectivity index (χ2n) is 3.16. The molecule has 0 aromatic rings. The van der Waals surface area contributed by atoms with Gasteiger partial charge in [-0.25, -0.2) is 4.79 Å². The number of carbonyl (C=O) groups is 1. The van der Waals surface area contributed by atoms with Gasteiger partial charge in [-0.05, 0) is 6.42 Å². The van der Waals surface area contributed by atoms with Gasteiger partial charge in [0.25, 0.3) is 0 Å². The summed E-state index contributed by atoms with van der Waals surface area (Å²) in [4.78, 5) is 11.0. The summed E-state index contributed by atoms with van der Waals surface area (Å²) in [5, 5.41) is 0. The molecule has 54 valence electrons. The molecule has 0 bridgehead atoms. The van der Waals surface area contributed by atoms with Crippen molar-refractivity contribution >= 4 is 5.91 Å². The largest absolute Gasteiger partial charge is 0.313 e. The van der Waals surface area contributed by atoms with Crippen LogP contribution in [0, 0.1) is 0 Å². The van der Waals surface area contributed by atoms with Crippen LogP contribution in [-0.2, 0) is 4.79 Å². The van der Waals surface area contributed by atoms with Gasteiger partial charge in [0.1, 0.15) is 0 Å². The van der Waals surface area contributed by atoms with E-state index in [2.05, 4.69) is 0 Å². The van der Waals surface area contributed by atoms with Crippen molar-refractivity contribution in [2.24, 2.45) is 0 Å². The van der Waals surface area contributed by atoms with Gasteiger partial charge >= 0.3 is 5.91 Å². The molecular weight excluding hydrogens is 114 g/mol. The van der Waals surface area contributed by atoms with E-state index in [1.807, 2.05) is 28.1 Å². The molecule has 2 heteroatoms. The van der Waals surface area contributed by atoms with Crippen molar-refractivity contribution < 1.29 is 9.28 Å². The molecule has 0 N–H and O–H groups in total. The smallest absolute Gasteiger partial charge is 0.268 e. The predicted octanol–water partition coefficient (Wildman–Crippen LogP) is 1.02. The number of hydrogen-bond acceptors (Lipinski definition) is 1. The van der Waals surface area contributed by atoms with Gasteiger partial charge in [-0.15, -0.1) is 0 Å². The highest BCUT2D eigenvalue weighted by molar-refractivity contribution is 5.68. The third kappa shape index (κ3) is 3.25. The molecule has 0 aromatic heterocycles. The Balaban J connectivity index is 3.74. The Kier molecular flexibility index (Phi) is 2.85. The third-order valence-electron chi connectivity index (χ3n) is 1.21. The maximum absolute atomic E-state index is 11.0. The summed E-state index contributed by atoms with van der Waals surface area (Å²) in [6.07, 6.45) is 1.65. The Morgan fingerprint density at radius 3 is 1.89 bits per heavy atom. The summed E-state index contributed by atoms with van der Waals surface area (Å²) < 4.78 is 0.452. The lowest BCUT2D eigenvalue weighted by atomic mass is 10.3. The number of rotatable bonds is 2. The second kappa shape index (κ2) is 2.97. The van der Waals surface area contributed by atoms with E-state index in [9.17, 15) is 4.79 Å². The highest BCUT2D eigenvalue weighted by Gasteiger charge is 2.17. The van der Waals surface area contributed by atoms with Crippen molar-refractivity contribution in [1.82, 2.24) is 0 Å². The first-order valence-electron chi connectivity index (χ1n) is 3.33. The zero-order chi connectivity index (χ0) is 7.49. The lowest BCUT2D eigenvalue weighted by Gasteiger charge is -2.19. The van der Waals surface area contributed by atoms with Crippen LogP contribution in [0.1, 0.15) is 19.8 Å². The first-order valence-corrected chi connectivity index (χ1v) is 3.33. The Morgan fingerprint density at radius 2 is 1.78 bits per heavy atom. The van der Waals surface area contributed by atoms with Crippen molar-refractivity contribution in [2.75, 3.05) is 21.1 Å². The molecule has 0 saturated carbocycles. The van der Waals surface area contributed by atoms with E-state index in [0.29, 0.717) is 16.8 Å². The van der Waals surface area contributed by atoms with Crippen molar-refractivity contribution in [2.45, 2.75) is 19.8 Å². The van der Waals surface area contributed by atoms with E-state index in [1.54, 1.807) is 0 Å². The van der Waals surface area contributed by atoms with Gasteiger partial charge in [0, 0.05) is 0 Å². The van der Waals surface area contributed by atoms with Crippen molar-refractivity contribution in [1.29, 1.82) is 0 Å². The highest BCUT2D eigenvalue weighted by Crippen LogP contribution is 1.98. The van der Waals surface area contributed by atoms with Gasteiger partial charge in [0.05, 0.1) is 27.6 Å². The average molecular weight is 130 g/mol. The number of quaternary nitrogens is 1. The van der Waals surface area contributed by atoms with Crippen LogP contribution in [-0.4, -0.2) is 31.5 Å². The van der Waals surface area contributed by atoms with E-state index in [0.717, 1.165) is 6.42 Å². The normalized spacial score (nSPS) is 11.6. The molecule has 0 atom stereocenters. The van der Waals surface area contributed by atoms with Crippen molar-refractivity contribution in [3.05, 3.63) is 0 Å². The van der Waals surface area contributed by atoms with E-state index in [4.69, 9.17) is 0 Å². The zero-order valence-corrected chi connectivity index (χ0v) is 6.77. The van der Waals surface area contributed by atoms with Crippen LogP contribution < -0.4 is 0 Å². The summed E-state index contributed by atoms with van der Waals surface area (Å²) in [5.41, 5.74) is 0. The second-order valence-corrected chi connectivity index (χ2v) is 3.16. The molecule has 2 nitrogen and oxygen atoms in total. The van der Waals surface area contributed by atoms with Crippen molar-refractivity contribution in [3.63, 3.8) is 0 Å². The molecular formula is C7H16NO+. The minimum absolute atomic E-state index is 0.303. The molecule has 0 aromatic carbocycles. The molecule has 0 spiro atoms. The maximum atomic E-state index is 11.0. The average Bonchev–Trinajstić information content (AvgIpc) is 1.64. The lowest BCUT2D eigenvalue weighted by Crippen LogP contribution is -2.40. The number of hydrogen-bond donors (Lipinski definition) is 0. The van der Waals surface area contributed by atoms with Crippen molar-refractivity contribution in [3.8, 4) is 0 Å². The van der Waals surface area contributed by atoms with Crippen LogP contribution >= 0.6 is 0 Å². The first-order chi connectivity index (χ1) is 3.98. The Hall–Kier alpha value is -0.370. The molecule has 0 saturated heterocycles. The fourth-order valence-corrected chi connectivity index (χ4v) is 0.549. The molecule has 0 fully saturated rings. The van der Waals surface area contributed by atoms with Crippen LogP contribution in [0.5, 0.6) is 0 Å². The molecule has 0 aliphatic rings. The van der Waals surface area contributed by atoms with Crippen LogP contribution in [0.15, 0.2) is 0 Å². The molecule has 0 heterocycles. The Morgan fingerprint density at radius 1 is 1.33 bits per heavy atom.